The second-order valence-corrected chi connectivity index (χ2v) is 7.48. The Kier molecular flexibility index (Phi) is 5.11. The average molecular weight is 359 g/mol. The van der Waals surface area contributed by atoms with Crippen LogP contribution in [-0.4, -0.2) is 63.5 Å². The molecule has 0 spiro atoms. The van der Waals surface area contributed by atoms with Gasteiger partial charge in [0.05, 0.1) is 11.9 Å². The molecule has 1 aliphatic rings. The Morgan fingerprint density at radius 3 is 3.00 bits per heavy atom. The van der Waals surface area contributed by atoms with Crippen molar-refractivity contribution in [2.45, 2.75) is 45.3 Å². The lowest BCUT2D eigenvalue weighted by Crippen LogP contribution is -2.51. The molecule has 26 heavy (non-hydrogen) atoms. The van der Waals surface area contributed by atoms with Gasteiger partial charge in [-0.1, -0.05) is 0 Å². The van der Waals surface area contributed by atoms with Crippen LogP contribution in [0.15, 0.2) is 18.6 Å². The van der Waals surface area contributed by atoms with Gasteiger partial charge in [-0.25, -0.2) is 14.8 Å². The largest absolute Gasteiger partial charge is 0.444 e. The number of nitrogens with one attached hydrogen (secondary N) is 1. The number of hydrogen-bond acceptors (Lipinski definition) is 6. The molecular weight excluding hydrogens is 334 g/mol. The van der Waals surface area contributed by atoms with Crippen molar-refractivity contribution < 1.29 is 14.3 Å². The van der Waals surface area contributed by atoms with Crippen LogP contribution in [0.3, 0.4) is 0 Å². The predicted molar refractivity (Wildman–Crippen MR) is 98.1 cm³/mol. The Hall–Kier alpha value is -2.64. The second-order valence-electron chi connectivity index (χ2n) is 7.48. The molecule has 0 aliphatic carbocycles. The lowest BCUT2D eigenvalue weighted by molar-refractivity contribution is -0.106. The monoisotopic (exact) mass is 359 g/mol. The van der Waals surface area contributed by atoms with Crippen LogP contribution in [0.5, 0.6) is 0 Å². The van der Waals surface area contributed by atoms with Gasteiger partial charge >= 0.3 is 6.09 Å². The molecule has 0 bridgehead atoms. The summed E-state index contributed by atoms with van der Waals surface area (Å²) in [6.07, 6.45) is 5.56. The van der Waals surface area contributed by atoms with E-state index >= 15 is 0 Å². The van der Waals surface area contributed by atoms with Gasteiger partial charge in [0, 0.05) is 25.3 Å². The number of fused-ring (bicyclic) bond motifs is 1. The highest BCUT2D eigenvalue weighted by Gasteiger charge is 2.31. The Bertz CT molecular complexity index is 782. The second kappa shape index (κ2) is 7.31. The number of carbonyl (C=O) groups excluding carboxylic acids is 2. The molecule has 1 saturated heterocycles. The maximum atomic E-state index is 12.4. The van der Waals surface area contributed by atoms with E-state index in [1.165, 1.54) is 6.33 Å². The van der Waals surface area contributed by atoms with Gasteiger partial charge in [-0.2, -0.15) is 0 Å². The standard InChI is InChI=1S/C18H25N5O3/c1-18(2,3)26-17(25)22-8-4-5-13(11-22)23(9-10-24)16-14-6-7-19-15(14)20-12-21-16/h6-7,10,12-13H,4-5,8-9,11H2,1-3H3,(H,19,20,21). The van der Waals surface area contributed by atoms with Crippen molar-refractivity contribution >= 4 is 29.2 Å². The summed E-state index contributed by atoms with van der Waals surface area (Å²) in [6.45, 7) is 6.93. The summed E-state index contributed by atoms with van der Waals surface area (Å²) in [5.41, 5.74) is 0.196. The molecule has 1 aliphatic heterocycles. The zero-order valence-electron chi connectivity index (χ0n) is 15.4. The molecule has 0 saturated carbocycles. The molecule has 1 atom stereocenters. The number of carbonyl (C=O) groups is 2. The number of anilines is 1. The summed E-state index contributed by atoms with van der Waals surface area (Å²) in [5, 5.41) is 0.865. The van der Waals surface area contributed by atoms with E-state index in [2.05, 4.69) is 15.0 Å². The van der Waals surface area contributed by atoms with Gasteiger partial charge in [-0.15, -0.1) is 0 Å². The van der Waals surface area contributed by atoms with Crippen molar-refractivity contribution in [1.29, 1.82) is 0 Å². The van der Waals surface area contributed by atoms with E-state index in [1.807, 2.05) is 31.7 Å². The fraction of sp³-hybridized carbons (Fsp3) is 0.556. The summed E-state index contributed by atoms with van der Waals surface area (Å²) in [6, 6.07) is 1.89. The molecule has 140 valence electrons. The molecule has 1 fully saturated rings. The van der Waals surface area contributed by atoms with Crippen molar-refractivity contribution in [3.8, 4) is 0 Å². The quantitative estimate of drug-likeness (QED) is 0.843. The number of piperidine rings is 1. The molecule has 2 aromatic rings. The van der Waals surface area contributed by atoms with E-state index in [1.54, 1.807) is 11.1 Å². The number of H-pyrrole nitrogens is 1. The van der Waals surface area contributed by atoms with Gasteiger partial charge in [-0.05, 0) is 39.7 Å². The normalized spacial score (nSPS) is 18.0. The van der Waals surface area contributed by atoms with E-state index in [0.29, 0.717) is 18.9 Å². The lowest BCUT2D eigenvalue weighted by Gasteiger charge is -2.39. The third-order valence-corrected chi connectivity index (χ3v) is 4.37. The summed E-state index contributed by atoms with van der Waals surface area (Å²) in [4.78, 5) is 39.1. The van der Waals surface area contributed by atoms with Crippen molar-refractivity contribution in [1.82, 2.24) is 19.9 Å². The van der Waals surface area contributed by atoms with Crippen LogP contribution in [0.1, 0.15) is 33.6 Å². The Morgan fingerprint density at radius 2 is 2.27 bits per heavy atom. The van der Waals surface area contributed by atoms with Gasteiger partial charge in [0.2, 0.25) is 0 Å². The third kappa shape index (κ3) is 3.95. The summed E-state index contributed by atoms with van der Waals surface area (Å²) >= 11 is 0. The number of nitrogens with zero attached hydrogens (tertiary/aromatic N) is 4. The first-order valence-electron chi connectivity index (χ1n) is 8.85. The molecule has 2 aromatic heterocycles. The number of amides is 1. The zero-order valence-corrected chi connectivity index (χ0v) is 15.4. The van der Waals surface area contributed by atoms with Gasteiger partial charge in [0.15, 0.2) is 0 Å². The topological polar surface area (TPSA) is 91.4 Å². The number of likely N-dealkylation sites (tertiary alicyclic amines) is 1. The minimum Gasteiger partial charge on any atom is -0.444 e. The van der Waals surface area contributed by atoms with E-state index in [4.69, 9.17) is 4.74 Å². The number of hydrogen-bond donors (Lipinski definition) is 1. The fourth-order valence-corrected chi connectivity index (χ4v) is 3.28. The van der Waals surface area contributed by atoms with Crippen molar-refractivity contribution in [2.24, 2.45) is 0 Å². The van der Waals surface area contributed by atoms with Crippen LogP contribution in [0.2, 0.25) is 0 Å². The smallest absolute Gasteiger partial charge is 0.410 e. The van der Waals surface area contributed by atoms with E-state index in [9.17, 15) is 9.59 Å². The van der Waals surface area contributed by atoms with E-state index < -0.39 is 5.60 Å². The van der Waals surface area contributed by atoms with Gasteiger partial charge in [0.1, 0.15) is 29.7 Å². The van der Waals surface area contributed by atoms with Crippen LogP contribution in [0.4, 0.5) is 10.6 Å². The molecule has 0 radical (unpaired) electrons. The van der Waals surface area contributed by atoms with Crippen LogP contribution in [-0.2, 0) is 9.53 Å². The highest BCUT2D eigenvalue weighted by molar-refractivity contribution is 5.88. The van der Waals surface area contributed by atoms with Crippen LogP contribution < -0.4 is 4.90 Å². The van der Waals surface area contributed by atoms with Crippen LogP contribution >= 0.6 is 0 Å². The number of aromatic nitrogens is 3. The van der Waals surface area contributed by atoms with Crippen LogP contribution in [0, 0.1) is 0 Å². The predicted octanol–water partition coefficient (Wildman–Crippen LogP) is 2.36. The summed E-state index contributed by atoms with van der Waals surface area (Å²) in [5.74, 6) is 0.708. The number of aromatic amines is 1. The maximum Gasteiger partial charge on any atom is 0.410 e. The van der Waals surface area contributed by atoms with Crippen LogP contribution in [0.25, 0.3) is 11.0 Å². The first-order chi connectivity index (χ1) is 12.4. The zero-order chi connectivity index (χ0) is 18.7. The Balaban J connectivity index is 1.83. The highest BCUT2D eigenvalue weighted by Crippen LogP contribution is 2.27. The minimum absolute atomic E-state index is 0.00512. The lowest BCUT2D eigenvalue weighted by atomic mass is 10.0. The number of rotatable bonds is 4. The van der Waals surface area contributed by atoms with Crippen molar-refractivity contribution in [3.63, 3.8) is 0 Å². The highest BCUT2D eigenvalue weighted by atomic mass is 16.6. The van der Waals surface area contributed by atoms with Gasteiger partial charge in [0.25, 0.3) is 0 Å². The maximum absolute atomic E-state index is 12.4. The first-order valence-corrected chi connectivity index (χ1v) is 8.85. The summed E-state index contributed by atoms with van der Waals surface area (Å²) < 4.78 is 5.50. The first kappa shape index (κ1) is 18.2. The van der Waals surface area contributed by atoms with Crippen molar-refractivity contribution in [3.05, 3.63) is 18.6 Å². The van der Waals surface area contributed by atoms with E-state index in [0.717, 1.165) is 30.2 Å². The molecule has 0 aromatic carbocycles. The van der Waals surface area contributed by atoms with Crippen molar-refractivity contribution in [2.75, 3.05) is 24.5 Å². The number of ether oxygens (including phenoxy) is 1. The fourth-order valence-electron chi connectivity index (χ4n) is 3.28. The molecule has 8 heteroatoms. The van der Waals surface area contributed by atoms with Gasteiger partial charge < -0.3 is 24.3 Å². The molecule has 1 N–H and O–H groups in total. The molecule has 8 nitrogen and oxygen atoms in total. The number of aldehydes is 1. The molecule has 3 rings (SSSR count). The molecule has 1 amide bonds. The Labute approximate surface area is 152 Å². The van der Waals surface area contributed by atoms with E-state index in [-0.39, 0.29) is 18.7 Å². The third-order valence-electron chi connectivity index (χ3n) is 4.37. The summed E-state index contributed by atoms with van der Waals surface area (Å²) in [7, 11) is 0. The van der Waals surface area contributed by atoms with Gasteiger partial charge in [-0.3, -0.25) is 0 Å². The Morgan fingerprint density at radius 1 is 1.46 bits per heavy atom. The molecule has 1 unspecified atom stereocenters. The SMILES string of the molecule is CC(C)(C)OC(=O)N1CCCC(N(CC=O)c2ncnc3[nH]ccc23)C1. The average Bonchev–Trinajstić information content (AvgIpc) is 3.07. The minimum atomic E-state index is -0.531. The molecule has 3 heterocycles. The molecular formula is C18H25N5O3.